The summed E-state index contributed by atoms with van der Waals surface area (Å²) in [5.41, 5.74) is 1.03. The van der Waals surface area contributed by atoms with Crippen LogP contribution in [0.1, 0.15) is 50.4 Å². The Hall–Kier alpha value is -2.89. The highest BCUT2D eigenvalue weighted by atomic mass is 16.6. The van der Waals surface area contributed by atoms with Crippen LogP contribution in [0.15, 0.2) is 48.7 Å². The van der Waals surface area contributed by atoms with E-state index >= 15 is 0 Å². The van der Waals surface area contributed by atoms with Gasteiger partial charge >= 0.3 is 6.09 Å². The Labute approximate surface area is 160 Å². The zero-order chi connectivity index (χ0) is 19.7. The smallest absolute Gasteiger partial charge is 0.407 e. The number of alkyl carbamates (subject to hydrolysis) is 1. The molecular formula is C21H27N3O3. The minimum Gasteiger partial charge on any atom is -0.444 e. The number of anilines is 2. The average molecular weight is 369 g/mol. The van der Waals surface area contributed by atoms with Gasteiger partial charge in [-0.25, -0.2) is 9.78 Å². The van der Waals surface area contributed by atoms with Crippen LogP contribution in [0.2, 0.25) is 0 Å². The fraction of sp³-hybridized carbons (Fsp3) is 0.381. The molecule has 27 heavy (non-hydrogen) atoms. The van der Waals surface area contributed by atoms with Gasteiger partial charge < -0.3 is 15.4 Å². The molecule has 0 saturated heterocycles. The molecule has 0 unspecified atom stereocenters. The van der Waals surface area contributed by atoms with Crippen molar-refractivity contribution in [2.75, 3.05) is 11.9 Å². The zero-order valence-electron chi connectivity index (χ0n) is 16.1. The Morgan fingerprint density at radius 3 is 2.41 bits per heavy atom. The molecule has 0 fully saturated rings. The predicted octanol–water partition coefficient (Wildman–Crippen LogP) is 4.70. The summed E-state index contributed by atoms with van der Waals surface area (Å²) in [5.74, 6) is 0.741. The minimum atomic E-state index is -0.505. The van der Waals surface area contributed by atoms with Crippen molar-refractivity contribution in [3.63, 3.8) is 0 Å². The molecule has 0 bridgehead atoms. The van der Waals surface area contributed by atoms with Crippen LogP contribution in [0.25, 0.3) is 0 Å². The number of hydrogen-bond acceptors (Lipinski definition) is 5. The van der Waals surface area contributed by atoms with Gasteiger partial charge in [0, 0.05) is 30.4 Å². The van der Waals surface area contributed by atoms with Gasteiger partial charge in [-0.2, -0.15) is 0 Å². The van der Waals surface area contributed by atoms with Crippen molar-refractivity contribution in [2.24, 2.45) is 0 Å². The first-order valence-corrected chi connectivity index (χ1v) is 9.12. The summed E-state index contributed by atoms with van der Waals surface area (Å²) in [7, 11) is 0. The van der Waals surface area contributed by atoms with Crippen molar-refractivity contribution < 1.29 is 14.3 Å². The summed E-state index contributed by atoms with van der Waals surface area (Å²) in [6, 6.07) is 13.3. The lowest BCUT2D eigenvalue weighted by molar-refractivity contribution is 0.0527. The topological polar surface area (TPSA) is 80.3 Å². The highest BCUT2D eigenvalue weighted by molar-refractivity contribution is 5.95. The van der Waals surface area contributed by atoms with Gasteiger partial charge in [0.2, 0.25) is 0 Å². The van der Waals surface area contributed by atoms with E-state index in [0.717, 1.165) is 5.69 Å². The van der Waals surface area contributed by atoms with E-state index in [1.54, 1.807) is 18.3 Å². The molecule has 2 rings (SSSR count). The first kappa shape index (κ1) is 20.4. The number of amides is 1. The van der Waals surface area contributed by atoms with Crippen molar-refractivity contribution >= 4 is 23.4 Å². The molecule has 0 atom stereocenters. The molecule has 0 saturated carbocycles. The van der Waals surface area contributed by atoms with Crippen LogP contribution in [0, 0.1) is 0 Å². The Balaban J connectivity index is 1.69. The number of hydrogen-bond donors (Lipinski definition) is 2. The average Bonchev–Trinajstić information content (AvgIpc) is 2.61. The number of pyridine rings is 1. The van der Waals surface area contributed by atoms with Gasteiger partial charge in [0.05, 0.1) is 0 Å². The van der Waals surface area contributed by atoms with E-state index in [1.807, 2.05) is 51.1 Å². The molecule has 1 heterocycles. The largest absolute Gasteiger partial charge is 0.444 e. The maximum atomic E-state index is 12.2. The van der Waals surface area contributed by atoms with Crippen LogP contribution >= 0.6 is 0 Å². The fourth-order valence-electron chi connectivity index (χ4n) is 2.36. The Bertz CT molecular complexity index is 738. The SMILES string of the molecule is CC(C)(C)OC(=O)NCCCCC(=O)c1ccc(Nc2ccccc2)nc1. The molecule has 0 aliphatic carbocycles. The molecule has 0 spiro atoms. The zero-order valence-corrected chi connectivity index (χ0v) is 16.1. The van der Waals surface area contributed by atoms with Crippen LogP contribution in [-0.2, 0) is 4.74 Å². The molecule has 6 nitrogen and oxygen atoms in total. The van der Waals surface area contributed by atoms with Gasteiger partial charge in [0.1, 0.15) is 11.4 Å². The van der Waals surface area contributed by atoms with E-state index in [-0.39, 0.29) is 5.78 Å². The molecular weight excluding hydrogens is 342 g/mol. The van der Waals surface area contributed by atoms with Crippen molar-refractivity contribution in [2.45, 2.75) is 45.6 Å². The number of carbonyl (C=O) groups is 2. The lowest BCUT2D eigenvalue weighted by Gasteiger charge is -2.19. The molecule has 144 valence electrons. The third kappa shape index (κ3) is 7.90. The Morgan fingerprint density at radius 1 is 1.04 bits per heavy atom. The number of benzene rings is 1. The number of ketones is 1. The number of rotatable bonds is 8. The van der Waals surface area contributed by atoms with Gasteiger partial charge in [0.15, 0.2) is 5.78 Å². The van der Waals surface area contributed by atoms with Gasteiger partial charge in [-0.15, -0.1) is 0 Å². The number of nitrogens with zero attached hydrogens (tertiary/aromatic N) is 1. The normalized spacial score (nSPS) is 10.9. The summed E-state index contributed by atoms with van der Waals surface area (Å²) in [6.07, 6.45) is 2.99. The van der Waals surface area contributed by atoms with Crippen LogP contribution in [-0.4, -0.2) is 29.0 Å². The predicted molar refractivity (Wildman–Crippen MR) is 106 cm³/mol. The molecule has 2 N–H and O–H groups in total. The van der Waals surface area contributed by atoms with Gasteiger partial charge in [-0.05, 0) is 57.9 Å². The first-order chi connectivity index (χ1) is 12.8. The standard InChI is InChI=1S/C21H27N3O3/c1-21(2,3)27-20(26)22-14-8-7-11-18(25)16-12-13-19(23-15-16)24-17-9-5-4-6-10-17/h4-6,9-10,12-13,15H,7-8,11,14H2,1-3H3,(H,22,26)(H,23,24). The fourth-order valence-corrected chi connectivity index (χ4v) is 2.36. The highest BCUT2D eigenvalue weighted by Gasteiger charge is 2.15. The second kappa shape index (κ2) is 9.71. The second-order valence-electron chi connectivity index (χ2n) is 7.23. The number of aromatic nitrogens is 1. The lowest BCUT2D eigenvalue weighted by atomic mass is 10.1. The third-order valence-electron chi connectivity index (χ3n) is 3.63. The molecule has 6 heteroatoms. The second-order valence-corrected chi connectivity index (χ2v) is 7.23. The van der Waals surface area contributed by atoms with Gasteiger partial charge in [-0.3, -0.25) is 4.79 Å². The number of para-hydroxylation sites is 1. The quantitative estimate of drug-likeness (QED) is 0.521. The summed E-state index contributed by atoms with van der Waals surface area (Å²) in [5, 5.41) is 5.87. The van der Waals surface area contributed by atoms with Crippen LogP contribution in [0.5, 0.6) is 0 Å². The molecule has 0 radical (unpaired) electrons. The van der Waals surface area contributed by atoms with Crippen molar-refractivity contribution in [1.82, 2.24) is 10.3 Å². The summed E-state index contributed by atoms with van der Waals surface area (Å²) in [6.45, 7) is 5.94. The Kier molecular flexibility index (Phi) is 7.34. The van der Waals surface area contributed by atoms with Crippen LogP contribution < -0.4 is 10.6 Å². The number of ether oxygens (including phenoxy) is 1. The number of carbonyl (C=O) groups excluding carboxylic acids is 2. The van der Waals surface area contributed by atoms with E-state index in [1.165, 1.54) is 0 Å². The minimum absolute atomic E-state index is 0.0472. The lowest BCUT2D eigenvalue weighted by Crippen LogP contribution is -2.33. The molecule has 0 aliphatic heterocycles. The van der Waals surface area contributed by atoms with Crippen molar-refractivity contribution in [3.8, 4) is 0 Å². The van der Waals surface area contributed by atoms with E-state index in [4.69, 9.17) is 4.74 Å². The maximum Gasteiger partial charge on any atom is 0.407 e. The van der Waals surface area contributed by atoms with E-state index in [2.05, 4.69) is 15.6 Å². The van der Waals surface area contributed by atoms with Gasteiger partial charge in [0.25, 0.3) is 0 Å². The van der Waals surface area contributed by atoms with Crippen molar-refractivity contribution in [1.29, 1.82) is 0 Å². The van der Waals surface area contributed by atoms with E-state index < -0.39 is 11.7 Å². The molecule has 1 aromatic carbocycles. The number of Topliss-reactive ketones (excluding diaryl/α,β-unsaturated/α-hetero) is 1. The van der Waals surface area contributed by atoms with E-state index in [9.17, 15) is 9.59 Å². The monoisotopic (exact) mass is 369 g/mol. The molecule has 0 aliphatic rings. The van der Waals surface area contributed by atoms with Crippen LogP contribution in [0.4, 0.5) is 16.3 Å². The summed E-state index contributed by atoms with van der Waals surface area (Å²) < 4.78 is 5.16. The number of unbranched alkanes of at least 4 members (excludes halogenated alkanes) is 1. The van der Waals surface area contributed by atoms with E-state index in [0.29, 0.717) is 37.2 Å². The Morgan fingerprint density at radius 2 is 1.78 bits per heavy atom. The molecule has 2 aromatic rings. The highest BCUT2D eigenvalue weighted by Crippen LogP contribution is 2.15. The van der Waals surface area contributed by atoms with Gasteiger partial charge in [-0.1, -0.05) is 18.2 Å². The molecule has 1 aromatic heterocycles. The third-order valence-corrected chi connectivity index (χ3v) is 3.63. The van der Waals surface area contributed by atoms with Crippen molar-refractivity contribution in [3.05, 3.63) is 54.2 Å². The first-order valence-electron chi connectivity index (χ1n) is 9.12. The maximum absolute atomic E-state index is 12.2. The summed E-state index contributed by atoms with van der Waals surface area (Å²) >= 11 is 0. The molecule has 1 amide bonds. The van der Waals surface area contributed by atoms with Crippen LogP contribution in [0.3, 0.4) is 0 Å². The number of nitrogens with one attached hydrogen (secondary N) is 2. The summed E-state index contributed by atoms with van der Waals surface area (Å²) in [4.78, 5) is 28.0.